The molecule has 1 N–H and O–H groups in total. The molecule has 0 unspecified atom stereocenters. The second-order valence-corrected chi connectivity index (χ2v) is 8.95. The molecule has 0 aliphatic heterocycles. The summed E-state index contributed by atoms with van der Waals surface area (Å²) < 4.78 is 29.3. The Labute approximate surface area is 161 Å². The molecule has 26 heavy (non-hydrogen) atoms. The van der Waals surface area contributed by atoms with E-state index in [1.807, 2.05) is 25.3 Å². The van der Waals surface area contributed by atoms with Gasteiger partial charge in [-0.05, 0) is 44.5 Å². The monoisotopic (exact) mass is 410 g/mol. The summed E-state index contributed by atoms with van der Waals surface area (Å²) in [5.74, 6) is 0. The molecule has 0 saturated heterocycles. The van der Waals surface area contributed by atoms with Crippen LogP contribution in [0.3, 0.4) is 0 Å². The maximum Gasteiger partial charge on any atom is 0.240 e. The number of aromatic nitrogens is 3. The fourth-order valence-electron chi connectivity index (χ4n) is 2.60. The van der Waals surface area contributed by atoms with Gasteiger partial charge in [0.2, 0.25) is 15.2 Å². The van der Waals surface area contributed by atoms with E-state index < -0.39 is 10.0 Å². The molecule has 3 aromatic rings. The Kier molecular flexibility index (Phi) is 5.47. The SMILES string of the molecule is Cc1cc(C)n(-c2nc(CCNS(=O)(=O)c3cccc(Cl)c3C)cs2)n1. The van der Waals surface area contributed by atoms with Gasteiger partial charge in [-0.25, -0.2) is 22.8 Å². The van der Waals surface area contributed by atoms with E-state index >= 15 is 0 Å². The van der Waals surface area contributed by atoms with Gasteiger partial charge in [0, 0.05) is 29.1 Å². The second kappa shape index (κ2) is 7.48. The van der Waals surface area contributed by atoms with Crippen molar-refractivity contribution >= 4 is 33.0 Å². The highest BCUT2D eigenvalue weighted by Gasteiger charge is 2.18. The maximum atomic E-state index is 12.5. The van der Waals surface area contributed by atoms with E-state index in [0.717, 1.165) is 22.2 Å². The van der Waals surface area contributed by atoms with Crippen molar-refractivity contribution in [2.24, 2.45) is 0 Å². The van der Waals surface area contributed by atoms with Crippen LogP contribution in [0.5, 0.6) is 0 Å². The first kappa shape index (κ1) is 19.0. The van der Waals surface area contributed by atoms with Crippen molar-refractivity contribution in [3.8, 4) is 5.13 Å². The second-order valence-electron chi connectivity index (χ2n) is 5.97. The first-order valence-corrected chi connectivity index (χ1v) is 10.7. The van der Waals surface area contributed by atoms with Crippen molar-refractivity contribution in [3.05, 3.63) is 57.3 Å². The number of benzene rings is 1. The molecule has 138 valence electrons. The quantitative estimate of drug-likeness (QED) is 0.675. The molecular weight excluding hydrogens is 392 g/mol. The number of aryl methyl sites for hydroxylation is 2. The number of nitrogens with one attached hydrogen (secondary N) is 1. The smallest absolute Gasteiger partial charge is 0.223 e. The van der Waals surface area contributed by atoms with Gasteiger partial charge >= 0.3 is 0 Å². The van der Waals surface area contributed by atoms with Crippen LogP contribution in [0.25, 0.3) is 5.13 Å². The zero-order chi connectivity index (χ0) is 18.9. The summed E-state index contributed by atoms with van der Waals surface area (Å²) in [7, 11) is -3.61. The van der Waals surface area contributed by atoms with Crippen LogP contribution in [0.1, 0.15) is 22.6 Å². The first-order valence-electron chi connectivity index (χ1n) is 8.01. The molecule has 2 aromatic heterocycles. The highest BCUT2D eigenvalue weighted by atomic mass is 35.5. The molecule has 0 aliphatic carbocycles. The molecule has 0 spiro atoms. The predicted octanol–water partition coefficient (Wildman–Crippen LogP) is 3.43. The Balaban J connectivity index is 1.67. The molecule has 2 heterocycles. The lowest BCUT2D eigenvalue weighted by Gasteiger charge is -2.09. The third-order valence-electron chi connectivity index (χ3n) is 3.91. The van der Waals surface area contributed by atoms with Crippen LogP contribution in [0, 0.1) is 20.8 Å². The number of nitrogens with zero attached hydrogens (tertiary/aromatic N) is 3. The highest BCUT2D eigenvalue weighted by molar-refractivity contribution is 7.89. The number of rotatable bonds is 6. The van der Waals surface area contributed by atoms with Crippen molar-refractivity contribution in [1.29, 1.82) is 0 Å². The van der Waals surface area contributed by atoms with Crippen molar-refractivity contribution in [3.63, 3.8) is 0 Å². The molecule has 1 aromatic carbocycles. The number of halogens is 1. The number of thiazole rings is 1. The van der Waals surface area contributed by atoms with Gasteiger partial charge in [-0.15, -0.1) is 11.3 Å². The molecule has 3 rings (SSSR count). The van der Waals surface area contributed by atoms with E-state index in [1.165, 1.54) is 11.3 Å². The van der Waals surface area contributed by atoms with Gasteiger partial charge in [0.15, 0.2) is 0 Å². The van der Waals surface area contributed by atoms with E-state index in [9.17, 15) is 8.42 Å². The average molecular weight is 411 g/mol. The van der Waals surface area contributed by atoms with Gasteiger partial charge in [-0.1, -0.05) is 17.7 Å². The molecule has 0 fully saturated rings. The van der Waals surface area contributed by atoms with Crippen LogP contribution >= 0.6 is 22.9 Å². The summed E-state index contributed by atoms with van der Waals surface area (Å²) in [6.45, 7) is 5.86. The average Bonchev–Trinajstić information content (AvgIpc) is 3.15. The molecule has 0 saturated carbocycles. The largest absolute Gasteiger partial charge is 0.240 e. The summed E-state index contributed by atoms with van der Waals surface area (Å²) >= 11 is 7.50. The Bertz CT molecular complexity index is 1040. The van der Waals surface area contributed by atoms with Crippen molar-refractivity contribution in [1.82, 2.24) is 19.5 Å². The van der Waals surface area contributed by atoms with Crippen molar-refractivity contribution in [2.45, 2.75) is 32.1 Å². The summed E-state index contributed by atoms with van der Waals surface area (Å²) in [6.07, 6.45) is 0.495. The van der Waals surface area contributed by atoms with Crippen molar-refractivity contribution in [2.75, 3.05) is 6.54 Å². The lowest BCUT2D eigenvalue weighted by molar-refractivity contribution is 0.580. The van der Waals surface area contributed by atoms with Gasteiger partial charge in [-0.3, -0.25) is 0 Å². The van der Waals surface area contributed by atoms with Crippen LogP contribution in [0.2, 0.25) is 5.02 Å². The Morgan fingerprint density at radius 2 is 2.04 bits per heavy atom. The summed E-state index contributed by atoms with van der Waals surface area (Å²) in [4.78, 5) is 4.74. The van der Waals surface area contributed by atoms with Gasteiger partial charge in [-0.2, -0.15) is 5.10 Å². The van der Waals surface area contributed by atoms with E-state index in [1.54, 1.807) is 29.8 Å². The van der Waals surface area contributed by atoms with E-state index in [2.05, 4.69) is 14.8 Å². The van der Waals surface area contributed by atoms with E-state index in [4.69, 9.17) is 11.6 Å². The molecule has 0 atom stereocenters. The Morgan fingerprint density at radius 1 is 1.27 bits per heavy atom. The topological polar surface area (TPSA) is 76.9 Å². The minimum absolute atomic E-state index is 0.201. The number of hydrogen-bond donors (Lipinski definition) is 1. The zero-order valence-corrected chi connectivity index (χ0v) is 17.0. The van der Waals surface area contributed by atoms with Gasteiger partial charge in [0.05, 0.1) is 16.3 Å². The van der Waals surface area contributed by atoms with Gasteiger partial charge in [0.25, 0.3) is 0 Å². The van der Waals surface area contributed by atoms with E-state index in [0.29, 0.717) is 17.0 Å². The zero-order valence-electron chi connectivity index (χ0n) is 14.7. The summed E-state index contributed by atoms with van der Waals surface area (Å²) in [5.41, 5.74) is 3.31. The first-order chi connectivity index (χ1) is 12.3. The molecule has 6 nitrogen and oxygen atoms in total. The van der Waals surface area contributed by atoms with Crippen LogP contribution in [-0.4, -0.2) is 29.7 Å². The number of hydrogen-bond acceptors (Lipinski definition) is 5. The third-order valence-corrected chi connectivity index (χ3v) is 6.79. The minimum Gasteiger partial charge on any atom is -0.223 e. The maximum absolute atomic E-state index is 12.5. The Hall–Kier alpha value is -1.74. The molecular formula is C17H19ClN4O2S2. The van der Waals surface area contributed by atoms with Gasteiger partial charge in [0.1, 0.15) is 0 Å². The molecule has 0 bridgehead atoms. The molecule has 0 aliphatic rings. The summed E-state index contributed by atoms with van der Waals surface area (Å²) in [5, 5.41) is 7.54. The normalized spacial score (nSPS) is 11.8. The fraction of sp³-hybridized carbons (Fsp3) is 0.294. The lowest BCUT2D eigenvalue weighted by Crippen LogP contribution is -2.26. The van der Waals surface area contributed by atoms with Crippen molar-refractivity contribution < 1.29 is 8.42 Å². The predicted molar refractivity (Wildman–Crippen MR) is 104 cm³/mol. The highest BCUT2D eigenvalue weighted by Crippen LogP contribution is 2.22. The Morgan fingerprint density at radius 3 is 2.73 bits per heavy atom. The molecule has 0 amide bonds. The van der Waals surface area contributed by atoms with Crippen LogP contribution < -0.4 is 4.72 Å². The third kappa shape index (κ3) is 3.98. The van der Waals surface area contributed by atoms with Crippen LogP contribution in [-0.2, 0) is 16.4 Å². The number of sulfonamides is 1. The van der Waals surface area contributed by atoms with Gasteiger partial charge < -0.3 is 0 Å². The van der Waals surface area contributed by atoms with E-state index in [-0.39, 0.29) is 11.4 Å². The van der Waals surface area contributed by atoms with Crippen LogP contribution in [0.4, 0.5) is 0 Å². The minimum atomic E-state index is -3.61. The van der Waals surface area contributed by atoms with Crippen LogP contribution in [0.15, 0.2) is 34.5 Å². The standard InChI is InChI=1S/C17H19ClN4O2S2/c1-11-9-12(2)22(21-11)17-20-14(10-25-17)7-8-19-26(23,24)16-6-4-5-15(18)13(16)3/h4-6,9-10,19H,7-8H2,1-3H3. The molecule has 0 radical (unpaired) electrons. The summed E-state index contributed by atoms with van der Waals surface area (Å²) in [6, 6.07) is 6.84. The lowest BCUT2D eigenvalue weighted by atomic mass is 10.2. The molecule has 9 heteroatoms. The fourth-order valence-corrected chi connectivity index (χ4v) is 5.00.